The number of hydrogen-bond donors (Lipinski definition) is 0. The number of hydrogen-bond acceptors (Lipinski definition) is 2. The van der Waals surface area contributed by atoms with Gasteiger partial charge in [-0.15, -0.1) is 11.3 Å². The van der Waals surface area contributed by atoms with Crippen molar-refractivity contribution in [2.45, 2.75) is 6.42 Å². The van der Waals surface area contributed by atoms with E-state index < -0.39 is 0 Å². The van der Waals surface area contributed by atoms with Crippen molar-refractivity contribution in [1.82, 2.24) is 4.98 Å². The van der Waals surface area contributed by atoms with E-state index in [-0.39, 0.29) is 0 Å². The lowest BCUT2D eigenvalue weighted by molar-refractivity contribution is 1.26. The molecule has 1 aromatic carbocycles. The highest BCUT2D eigenvalue weighted by atomic mass is 32.1. The Morgan fingerprint density at radius 2 is 2.15 bits per heavy atom. The summed E-state index contributed by atoms with van der Waals surface area (Å²) in [6.07, 6.45) is 2.38. The lowest BCUT2D eigenvalue weighted by Crippen LogP contribution is -1.85. The normalized spacial score (nSPS) is 10.2. The van der Waals surface area contributed by atoms with Gasteiger partial charge in [0.15, 0.2) is 0 Å². The predicted octanol–water partition coefficient (Wildman–Crippen LogP) is 3.06. The molecule has 2 heteroatoms. The molecule has 0 saturated carbocycles. The zero-order chi connectivity index (χ0) is 9.10. The minimum Gasteiger partial charge on any atom is -0.245 e. The van der Waals surface area contributed by atoms with E-state index in [4.69, 9.17) is 6.92 Å². The average molecular weight is 187 g/mol. The van der Waals surface area contributed by atoms with Crippen LogP contribution in [0.15, 0.2) is 35.8 Å². The van der Waals surface area contributed by atoms with E-state index in [0.29, 0.717) is 6.42 Å². The molecule has 1 nitrogen and oxygen atoms in total. The van der Waals surface area contributed by atoms with Crippen LogP contribution < -0.4 is 0 Å². The van der Waals surface area contributed by atoms with E-state index in [1.165, 1.54) is 0 Å². The van der Waals surface area contributed by atoms with Crippen LogP contribution in [0.3, 0.4) is 0 Å². The van der Waals surface area contributed by atoms with Crippen molar-refractivity contribution in [2.24, 2.45) is 0 Å². The maximum atomic E-state index is 5.63. The molecular formula is C11H9NS. The van der Waals surface area contributed by atoms with E-state index in [2.05, 4.69) is 11.1 Å². The maximum absolute atomic E-state index is 5.63. The largest absolute Gasteiger partial charge is 0.245 e. The third-order valence-electron chi connectivity index (χ3n) is 1.90. The molecule has 0 saturated heterocycles. The molecule has 0 fully saturated rings. The smallest absolute Gasteiger partial charge is 0.123 e. The molecule has 13 heavy (non-hydrogen) atoms. The zero-order valence-corrected chi connectivity index (χ0v) is 7.92. The second-order valence-electron chi connectivity index (χ2n) is 2.70. The third kappa shape index (κ3) is 1.63. The summed E-state index contributed by atoms with van der Waals surface area (Å²) < 4.78 is 0. The molecule has 2 rings (SSSR count). The summed E-state index contributed by atoms with van der Waals surface area (Å²) in [7, 11) is 0. The zero-order valence-electron chi connectivity index (χ0n) is 7.10. The number of aromatic nitrogens is 1. The Kier molecular flexibility index (Phi) is 2.41. The summed E-state index contributed by atoms with van der Waals surface area (Å²) in [6, 6.07) is 8.10. The molecule has 2 radical (unpaired) electrons. The number of benzene rings is 1. The molecule has 0 aliphatic carbocycles. The molecule has 64 valence electrons. The van der Waals surface area contributed by atoms with Gasteiger partial charge in [-0.2, -0.15) is 0 Å². The second-order valence-corrected chi connectivity index (χ2v) is 3.59. The van der Waals surface area contributed by atoms with Gasteiger partial charge in [0.05, 0.1) is 0 Å². The van der Waals surface area contributed by atoms with Crippen LogP contribution >= 0.6 is 11.3 Å². The molecule has 0 spiro atoms. The van der Waals surface area contributed by atoms with Crippen LogP contribution in [0.4, 0.5) is 0 Å². The Morgan fingerprint density at radius 1 is 1.31 bits per heavy atom. The Hall–Kier alpha value is -1.15. The highest BCUT2D eigenvalue weighted by molar-refractivity contribution is 7.13. The van der Waals surface area contributed by atoms with E-state index >= 15 is 0 Å². The average Bonchev–Trinajstić information content (AvgIpc) is 2.70. The molecule has 1 aromatic heterocycles. The van der Waals surface area contributed by atoms with Crippen molar-refractivity contribution in [3.05, 3.63) is 48.3 Å². The van der Waals surface area contributed by atoms with Crippen LogP contribution in [0.2, 0.25) is 0 Å². The molecule has 0 N–H and O–H groups in total. The molecule has 0 atom stereocenters. The number of nitrogens with zero attached hydrogens (tertiary/aromatic N) is 1. The van der Waals surface area contributed by atoms with Gasteiger partial charge in [-0.05, 0) is 18.9 Å². The van der Waals surface area contributed by atoms with Crippen LogP contribution in [-0.2, 0) is 6.42 Å². The van der Waals surface area contributed by atoms with Gasteiger partial charge in [-0.1, -0.05) is 24.3 Å². The first-order valence-electron chi connectivity index (χ1n) is 4.09. The summed E-state index contributed by atoms with van der Waals surface area (Å²) >= 11 is 1.64. The third-order valence-corrected chi connectivity index (χ3v) is 2.71. The van der Waals surface area contributed by atoms with Crippen LogP contribution in [0, 0.1) is 6.92 Å². The molecule has 0 aliphatic heterocycles. The Morgan fingerprint density at radius 3 is 2.85 bits per heavy atom. The lowest BCUT2D eigenvalue weighted by Gasteiger charge is -2.02. The van der Waals surface area contributed by atoms with Crippen LogP contribution in [-0.4, -0.2) is 4.98 Å². The Labute approximate surface area is 82.1 Å². The first-order valence-corrected chi connectivity index (χ1v) is 4.97. The van der Waals surface area contributed by atoms with Crippen molar-refractivity contribution >= 4 is 11.3 Å². The Bertz CT molecular complexity index is 379. The minimum absolute atomic E-state index is 0.565. The van der Waals surface area contributed by atoms with Gasteiger partial charge in [0.1, 0.15) is 5.01 Å². The van der Waals surface area contributed by atoms with Gasteiger partial charge in [0.25, 0.3) is 0 Å². The minimum atomic E-state index is 0.565. The standard InChI is InChI=1S/C11H9NS/c1-2-9-5-3-4-6-10(9)11-12-7-8-13-11/h1,3-8H,2H2. The van der Waals surface area contributed by atoms with Gasteiger partial charge >= 0.3 is 0 Å². The second kappa shape index (κ2) is 3.71. The van der Waals surface area contributed by atoms with Gasteiger partial charge in [-0.25, -0.2) is 4.98 Å². The number of rotatable bonds is 2. The van der Waals surface area contributed by atoms with E-state index in [9.17, 15) is 0 Å². The molecule has 0 amide bonds. The topological polar surface area (TPSA) is 12.9 Å². The molecule has 0 bridgehead atoms. The van der Waals surface area contributed by atoms with Gasteiger partial charge in [-0.3, -0.25) is 0 Å². The SMILES string of the molecule is [CH]Cc1ccccc1-c1nccs1. The highest BCUT2D eigenvalue weighted by Gasteiger charge is 2.03. The molecule has 0 unspecified atom stereocenters. The first kappa shape index (κ1) is 8.45. The fourth-order valence-corrected chi connectivity index (χ4v) is 1.96. The van der Waals surface area contributed by atoms with Crippen molar-refractivity contribution in [3.8, 4) is 10.6 Å². The molecule has 2 aromatic rings. The van der Waals surface area contributed by atoms with Crippen molar-refractivity contribution < 1.29 is 0 Å². The summed E-state index contributed by atoms with van der Waals surface area (Å²) in [5.41, 5.74) is 2.30. The van der Waals surface area contributed by atoms with Gasteiger partial charge < -0.3 is 0 Å². The molecule has 0 aliphatic rings. The van der Waals surface area contributed by atoms with E-state index in [1.807, 2.05) is 29.8 Å². The fourth-order valence-electron chi connectivity index (χ4n) is 1.26. The summed E-state index contributed by atoms with van der Waals surface area (Å²) in [5, 5.41) is 3.02. The highest BCUT2D eigenvalue weighted by Crippen LogP contribution is 2.25. The van der Waals surface area contributed by atoms with Crippen molar-refractivity contribution in [2.75, 3.05) is 0 Å². The molecular weight excluding hydrogens is 178 g/mol. The quantitative estimate of drug-likeness (QED) is 0.704. The van der Waals surface area contributed by atoms with Crippen LogP contribution in [0.5, 0.6) is 0 Å². The summed E-state index contributed by atoms with van der Waals surface area (Å²) in [4.78, 5) is 4.26. The maximum Gasteiger partial charge on any atom is 0.123 e. The van der Waals surface area contributed by atoms with Gasteiger partial charge in [0, 0.05) is 17.1 Å². The summed E-state index contributed by atoms with van der Waals surface area (Å²) in [5.74, 6) is 0. The van der Waals surface area contributed by atoms with Crippen LogP contribution in [0.1, 0.15) is 5.56 Å². The fraction of sp³-hybridized carbons (Fsp3) is 0.0909. The predicted molar refractivity (Wildman–Crippen MR) is 55.6 cm³/mol. The Balaban J connectivity index is 2.51. The monoisotopic (exact) mass is 187 g/mol. The van der Waals surface area contributed by atoms with Crippen molar-refractivity contribution in [3.63, 3.8) is 0 Å². The summed E-state index contributed by atoms with van der Waals surface area (Å²) in [6.45, 7) is 5.63. The first-order chi connectivity index (χ1) is 6.42. The lowest BCUT2D eigenvalue weighted by atomic mass is 10.1. The van der Waals surface area contributed by atoms with Gasteiger partial charge in [0.2, 0.25) is 0 Å². The molecule has 1 heterocycles. The number of thiazole rings is 1. The van der Waals surface area contributed by atoms with Crippen LogP contribution in [0.25, 0.3) is 10.6 Å². The van der Waals surface area contributed by atoms with E-state index in [0.717, 1.165) is 16.1 Å². The van der Waals surface area contributed by atoms with Crippen molar-refractivity contribution in [1.29, 1.82) is 0 Å². The van der Waals surface area contributed by atoms with E-state index in [1.54, 1.807) is 11.3 Å².